The summed E-state index contributed by atoms with van der Waals surface area (Å²) in [6, 6.07) is 2.35. The normalized spacial score (nSPS) is 12.2. The predicted octanol–water partition coefficient (Wildman–Crippen LogP) is 3.43. The van der Waals surface area contributed by atoms with Gasteiger partial charge in [-0.05, 0) is 19.1 Å². The van der Waals surface area contributed by atoms with Crippen LogP contribution in [0.1, 0.15) is 18.7 Å². The van der Waals surface area contributed by atoms with Crippen molar-refractivity contribution in [1.29, 1.82) is 0 Å². The third kappa shape index (κ3) is 2.97. The molecular formula is C17H16F2N4O. The van der Waals surface area contributed by atoms with Gasteiger partial charge in [0, 0.05) is 43.4 Å². The molecule has 0 saturated heterocycles. The molecule has 0 N–H and O–H groups in total. The van der Waals surface area contributed by atoms with Crippen LogP contribution < -0.4 is 4.74 Å². The number of imidazole rings is 1. The molecule has 0 spiro atoms. The fourth-order valence-electron chi connectivity index (χ4n) is 2.61. The van der Waals surface area contributed by atoms with Crippen LogP contribution in [0.4, 0.5) is 8.78 Å². The molecule has 0 saturated carbocycles. The van der Waals surface area contributed by atoms with E-state index >= 15 is 0 Å². The highest BCUT2D eigenvalue weighted by Gasteiger charge is 2.22. The highest BCUT2D eigenvalue weighted by Crippen LogP contribution is 2.34. The summed E-state index contributed by atoms with van der Waals surface area (Å²) in [5.41, 5.74) is 0.810. The fraction of sp³-hybridized carbons (Fsp3) is 0.235. The van der Waals surface area contributed by atoms with E-state index in [0.29, 0.717) is 12.2 Å². The van der Waals surface area contributed by atoms with Gasteiger partial charge in [0.05, 0.1) is 18.4 Å². The minimum absolute atomic E-state index is 0.00787. The minimum atomic E-state index is -0.978. The quantitative estimate of drug-likeness (QED) is 0.719. The highest BCUT2D eigenvalue weighted by atomic mass is 19.2. The van der Waals surface area contributed by atoms with Crippen LogP contribution in [-0.4, -0.2) is 26.6 Å². The zero-order valence-corrected chi connectivity index (χ0v) is 13.3. The van der Waals surface area contributed by atoms with Crippen molar-refractivity contribution in [3.05, 3.63) is 60.4 Å². The standard InChI is InChI=1S/C17H16F2N4O/c1-11(9-12-10-20-5-6-21-12)23-8-7-22-17(23)15-14(24-2)4-3-13(18)16(15)19/h3-8,10-11H,9H2,1-2H3/t11-/m0/s1. The summed E-state index contributed by atoms with van der Waals surface area (Å²) in [4.78, 5) is 12.5. The van der Waals surface area contributed by atoms with Gasteiger partial charge in [-0.15, -0.1) is 0 Å². The summed E-state index contributed by atoms with van der Waals surface area (Å²) >= 11 is 0. The molecule has 0 bridgehead atoms. The second kappa shape index (κ2) is 6.74. The van der Waals surface area contributed by atoms with Gasteiger partial charge in [0.1, 0.15) is 11.6 Å². The first kappa shape index (κ1) is 16.0. The number of hydrogen-bond donors (Lipinski definition) is 0. The molecular weight excluding hydrogens is 314 g/mol. The molecule has 3 rings (SSSR count). The van der Waals surface area contributed by atoms with E-state index in [1.165, 1.54) is 13.2 Å². The minimum Gasteiger partial charge on any atom is -0.496 e. The number of aromatic nitrogens is 4. The number of methoxy groups -OCH3 is 1. The van der Waals surface area contributed by atoms with E-state index in [-0.39, 0.29) is 17.4 Å². The van der Waals surface area contributed by atoms with Crippen molar-refractivity contribution >= 4 is 0 Å². The topological polar surface area (TPSA) is 52.8 Å². The van der Waals surface area contributed by atoms with Crippen molar-refractivity contribution in [3.8, 4) is 17.1 Å². The lowest BCUT2D eigenvalue weighted by molar-refractivity contribution is 0.407. The van der Waals surface area contributed by atoms with Gasteiger partial charge in [0.2, 0.25) is 0 Å². The lowest BCUT2D eigenvalue weighted by Gasteiger charge is -2.17. The first-order valence-corrected chi connectivity index (χ1v) is 7.42. The van der Waals surface area contributed by atoms with Crippen molar-refractivity contribution in [3.63, 3.8) is 0 Å². The summed E-state index contributed by atoms with van der Waals surface area (Å²) in [5.74, 6) is -1.39. The maximum Gasteiger partial charge on any atom is 0.173 e. The third-order valence-corrected chi connectivity index (χ3v) is 3.76. The second-order valence-corrected chi connectivity index (χ2v) is 5.35. The van der Waals surface area contributed by atoms with E-state index in [0.717, 1.165) is 11.8 Å². The van der Waals surface area contributed by atoms with Gasteiger partial charge in [-0.25, -0.2) is 13.8 Å². The molecule has 0 aliphatic heterocycles. The third-order valence-electron chi connectivity index (χ3n) is 3.76. The molecule has 0 aliphatic carbocycles. The molecule has 0 unspecified atom stereocenters. The average Bonchev–Trinajstić information content (AvgIpc) is 3.07. The zero-order chi connectivity index (χ0) is 17.1. The van der Waals surface area contributed by atoms with E-state index in [1.807, 2.05) is 6.92 Å². The van der Waals surface area contributed by atoms with Gasteiger partial charge >= 0.3 is 0 Å². The Labute approximate surface area is 138 Å². The van der Waals surface area contributed by atoms with Gasteiger partial charge in [-0.3, -0.25) is 9.97 Å². The Morgan fingerprint density at radius 3 is 2.71 bits per heavy atom. The highest BCUT2D eigenvalue weighted by molar-refractivity contribution is 5.65. The zero-order valence-electron chi connectivity index (χ0n) is 13.3. The molecule has 1 aromatic carbocycles. The van der Waals surface area contributed by atoms with Crippen LogP contribution >= 0.6 is 0 Å². The van der Waals surface area contributed by atoms with Gasteiger partial charge in [-0.1, -0.05) is 0 Å². The first-order chi connectivity index (χ1) is 11.6. The van der Waals surface area contributed by atoms with Crippen LogP contribution in [0.5, 0.6) is 5.75 Å². The summed E-state index contributed by atoms with van der Waals surface area (Å²) in [7, 11) is 1.41. The van der Waals surface area contributed by atoms with E-state index in [1.54, 1.807) is 35.6 Å². The van der Waals surface area contributed by atoms with Crippen molar-refractivity contribution in [2.24, 2.45) is 0 Å². The van der Waals surface area contributed by atoms with Gasteiger partial charge in [-0.2, -0.15) is 0 Å². The summed E-state index contributed by atoms with van der Waals surface area (Å²) in [6.45, 7) is 1.95. The van der Waals surface area contributed by atoms with Crippen LogP contribution in [0, 0.1) is 11.6 Å². The molecule has 1 atom stereocenters. The van der Waals surface area contributed by atoms with Crippen LogP contribution in [0.25, 0.3) is 11.4 Å². The SMILES string of the molecule is COc1ccc(F)c(F)c1-c1nccn1[C@@H](C)Cc1cnccn1. The maximum absolute atomic E-state index is 14.4. The summed E-state index contributed by atoms with van der Waals surface area (Å²) in [6.07, 6.45) is 8.75. The number of nitrogens with zero attached hydrogens (tertiary/aromatic N) is 4. The molecule has 0 aliphatic rings. The van der Waals surface area contributed by atoms with Crippen molar-refractivity contribution in [2.45, 2.75) is 19.4 Å². The molecule has 2 aromatic heterocycles. The molecule has 7 heteroatoms. The van der Waals surface area contributed by atoms with Gasteiger partial charge in [0.25, 0.3) is 0 Å². The Hall–Kier alpha value is -2.83. The fourth-order valence-corrected chi connectivity index (χ4v) is 2.61. The lowest BCUT2D eigenvalue weighted by Crippen LogP contribution is -2.11. The van der Waals surface area contributed by atoms with Crippen LogP contribution in [0.2, 0.25) is 0 Å². The van der Waals surface area contributed by atoms with E-state index in [4.69, 9.17) is 4.74 Å². The van der Waals surface area contributed by atoms with Crippen molar-refractivity contribution in [2.75, 3.05) is 7.11 Å². The first-order valence-electron chi connectivity index (χ1n) is 7.42. The molecule has 0 fully saturated rings. The predicted molar refractivity (Wildman–Crippen MR) is 84.6 cm³/mol. The lowest BCUT2D eigenvalue weighted by atomic mass is 10.1. The molecule has 0 amide bonds. The van der Waals surface area contributed by atoms with Gasteiger partial charge < -0.3 is 9.30 Å². The molecule has 3 aromatic rings. The van der Waals surface area contributed by atoms with E-state index < -0.39 is 11.6 Å². The Bertz CT molecular complexity index is 836. The number of benzene rings is 1. The Balaban J connectivity index is 2.01. The van der Waals surface area contributed by atoms with Crippen LogP contribution in [-0.2, 0) is 6.42 Å². The largest absolute Gasteiger partial charge is 0.496 e. The molecule has 124 valence electrons. The summed E-state index contributed by atoms with van der Waals surface area (Å²) < 4.78 is 35.0. The maximum atomic E-state index is 14.4. The van der Waals surface area contributed by atoms with E-state index in [2.05, 4.69) is 15.0 Å². The van der Waals surface area contributed by atoms with Crippen LogP contribution in [0.15, 0.2) is 43.1 Å². The van der Waals surface area contributed by atoms with Crippen molar-refractivity contribution in [1.82, 2.24) is 19.5 Å². The second-order valence-electron chi connectivity index (χ2n) is 5.35. The Kier molecular flexibility index (Phi) is 4.50. The molecule has 24 heavy (non-hydrogen) atoms. The van der Waals surface area contributed by atoms with Crippen LogP contribution in [0.3, 0.4) is 0 Å². The monoisotopic (exact) mass is 330 g/mol. The number of rotatable bonds is 5. The molecule has 2 heterocycles. The molecule has 5 nitrogen and oxygen atoms in total. The molecule has 0 radical (unpaired) electrons. The number of halogens is 2. The Morgan fingerprint density at radius 2 is 2.00 bits per heavy atom. The smallest absolute Gasteiger partial charge is 0.173 e. The van der Waals surface area contributed by atoms with Crippen molar-refractivity contribution < 1.29 is 13.5 Å². The summed E-state index contributed by atoms with van der Waals surface area (Å²) in [5, 5.41) is 0. The Morgan fingerprint density at radius 1 is 1.17 bits per heavy atom. The average molecular weight is 330 g/mol. The van der Waals surface area contributed by atoms with Gasteiger partial charge in [0.15, 0.2) is 11.6 Å². The number of hydrogen-bond acceptors (Lipinski definition) is 4. The number of ether oxygens (including phenoxy) is 1. The van der Waals surface area contributed by atoms with E-state index in [9.17, 15) is 8.78 Å².